The molecule has 4 aromatic carbocycles. The second-order valence-electron chi connectivity index (χ2n) is 16.1. The van der Waals surface area contributed by atoms with E-state index >= 15 is 0 Å². The number of hydrogen-bond acceptors (Lipinski definition) is 6. The summed E-state index contributed by atoms with van der Waals surface area (Å²) in [5.41, 5.74) is 2.39. The van der Waals surface area contributed by atoms with Gasteiger partial charge < -0.3 is 20.1 Å². The van der Waals surface area contributed by atoms with Gasteiger partial charge >= 0.3 is 11.9 Å². The molecule has 2 aliphatic rings. The topological polar surface area (TPSA) is 76.7 Å². The smallest absolute Gasteiger partial charge is 0.338 e. The molecule has 2 heterocycles. The Balaban J connectivity index is 1.35. The van der Waals surface area contributed by atoms with Gasteiger partial charge in [0.1, 0.15) is 12.2 Å². The maximum Gasteiger partial charge on any atom is 0.338 e. The average Bonchev–Trinajstić information content (AvgIpc) is 2.92. The Bertz CT molecular complexity index is 1790. The molecular weight excluding hydrogens is 572 g/mol. The predicted octanol–water partition coefficient (Wildman–Crippen LogP) is 8.59. The molecule has 6 nitrogen and oxygen atoms in total. The Morgan fingerprint density at radius 3 is 1.65 bits per heavy atom. The van der Waals surface area contributed by atoms with Crippen LogP contribution in [0.4, 0.5) is 0 Å². The average molecular weight is 621 g/mol. The summed E-state index contributed by atoms with van der Waals surface area (Å²) in [4.78, 5) is 27.3. The number of esters is 2. The Morgan fingerprint density at radius 1 is 0.543 bits per heavy atom. The molecule has 4 aromatic rings. The minimum Gasteiger partial charge on any atom is -0.459 e. The molecule has 242 valence electrons. The lowest BCUT2D eigenvalue weighted by Crippen LogP contribution is -2.59. The van der Waals surface area contributed by atoms with Crippen molar-refractivity contribution in [3.05, 3.63) is 83.9 Å². The molecule has 0 unspecified atom stereocenters. The first-order valence-corrected chi connectivity index (χ1v) is 16.5. The van der Waals surface area contributed by atoms with Gasteiger partial charge in [-0.25, -0.2) is 9.59 Å². The quantitative estimate of drug-likeness (QED) is 0.218. The van der Waals surface area contributed by atoms with E-state index in [1.54, 1.807) is 0 Å². The van der Waals surface area contributed by atoms with Gasteiger partial charge in [-0.3, -0.25) is 0 Å². The van der Waals surface area contributed by atoms with Gasteiger partial charge in [0.25, 0.3) is 0 Å². The Hall–Kier alpha value is -3.74. The van der Waals surface area contributed by atoms with Crippen molar-refractivity contribution < 1.29 is 19.1 Å². The van der Waals surface area contributed by atoms with Crippen LogP contribution >= 0.6 is 0 Å². The lowest BCUT2D eigenvalue weighted by molar-refractivity contribution is -0.00763. The fraction of sp³-hybridized carbons (Fsp3) is 0.450. The molecule has 0 aromatic heterocycles. The first kappa shape index (κ1) is 32.2. The number of nitrogens with one attached hydrogen (secondary N) is 2. The number of carbonyl (C=O) groups is 2. The maximum absolute atomic E-state index is 13.7. The van der Waals surface area contributed by atoms with Crippen molar-refractivity contribution in [1.82, 2.24) is 10.6 Å². The van der Waals surface area contributed by atoms with Crippen molar-refractivity contribution >= 4 is 33.5 Å². The summed E-state index contributed by atoms with van der Waals surface area (Å²) in [7, 11) is 0. The molecule has 0 bridgehead atoms. The zero-order valence-corrected chi connectivity index (χ0v) is 28.5. The molecule has 2 saturated heterocycles. The highest BCUT2D eigenvalue weighted by atomic mass is 16.5. The normalized spacial score (nSPS) is 20.8. The van der Waals surface area contributed by atoms with Gasteiger partial charge in [-0.1, -0.05) is 48.5 Å². The summed E-state index contributed by atoms with van der Waals surface area (Å²) in [5.74, 6) is -0.631. The number of benzene rings is 4. The van der Waals surface area contributed by atoms with Crippen LogP contribution in [-0.4, -0.2) is 46.3 Å². The molecule has 0 saturated carbocycles. The summed E-state index contributed by atoms with van der Waals surface area (Å²) in [6, 6.07) is 23.9. The highest BCUT2D eigenvalue weighted by molar-refractivity contribution is 6.09. The van der Waals surface area contributed by atoms with Crippen molar-refractivity contribution in [2.75, 3.05) is 0 Å². The molecule has 0 radical (unpaired) electrons. The molecule has 2 N–H and O–H groups in total. The minimum absolute atomic E-state index is 0.128. The molecule has 6 rings (SSSR count). The molecule has 2 fully saturated rings. The largest absolute Gasteiger partial charge is 0.459 e. The number of piperidine rings is 2. The SMILES string of the molecule is CC1(C)CC(OC(=O)c2cc(-c3cccc4ccc(C(=O)OC5CC(C)(C)NC(C)(C)C5)cc34)c3ccccc3c2)CC(C)(C)N1. The number of carbonyl (C=O) groups excluding carboxylic acids is 2. The molecule has 0 amide bonds. The zero-order valence-electron chi connectivity index (χ0n) is 28.5. The second kappa shape index (κ2) is 11.5. The maximum atomic E-state index is 13.7. The van der Waals surface area contributed by atoms with E-state index in [4.69, 9.17) is 9.47 Å². The van der Waals surface area contributed by atoms with E-state index in [0.717, 1.165) is 58.4 Å². The second-order valence-corrected chi connectivity index (χ2v) is 16.1. The van der Waals surface area contributed by atoms with E-state index in [-0.39, 0.29) is 46.3 Å². The molecule has 0 atom stereocenters. The Labute approximate surface area is 273 Å². The van der Waals surface area contributed by atoms with Gasteiger partial charge in [0.15, 0.2) is 0 Å². The van der Waals surface area contributed by atoms with Crippen molar-refractivity contribution in [3.8, 4) is 11.1 Å². The number of hydrogen-bond donors (Lipinski definition) is 2. The monoisotopic (exact) mass is 620 g/mol. The van der Waals surface area contributed by atoms with Crippen molar-refractivity contribution in [2.45, 2.75) is 115 Å². The third-order valence-corrected chi connectivity index (χ3v) is 9.36. The Kier molecular flexibility index (Phi) is 8.05. The van der Waals surface area contributed by atoms with Gasteiger partial charge in [-0.2, -0.15) is 0 Å². The fourth-order valence-corrected chi connectivity index (χ4v) is 8.35. The zero-order chi connectivity index (χ0) is 33.1. The molecule has 2 aliphatic heterocycles. The van der Waals surface area contributed by atoms with E-state index in [9.17, 15) is 9.59 Å². The van der Waals surface area contributed by atoms with Crippen molar-refractivity contribution in [1.29, 1.82) is 0 Å². The van der Waals surface area contributed by atoms with Gasteiger partial charge in [0.2, 0.25) is 0 Å². The fourth-order valence-electron chi connectivity index (χ4n) is 8.35. The Morgan fingerprint density at radius 2 is 1.07 bits per heavy atom. The minimum atomic E-state index is -0.317. The lowest BCUT2D eigenvalue weighted by Gasteiger charge is -2.45. The van der Waals surface area contributed by atoms with Crippen molar-refractivity contribution in [3.63, 3.8) is 0 Å². The third kappa shape index (κ3) is 6.98. The van der Waals surface area contributed by atoms with E-state index < -0.39 is 0 Å². The number of ether oxygens (including phenoxy) is 2. The summed E-state index contributed by atoms with van der Waals surface area (Å²) < 4.78 is 12.3. The summed E-state index contributed by atoms with van der Waals surface area (Å²) in [5, 5.41) is 11.2. The van der Waals surface area contributed by atoms with Crippen LogP contribution in [0.1, 0.15) is 102 Å². The van der Waals surface area contributed by atoms with Crippen LogP contribution in [0.5, 0.6) is 0 Å². The lowest BCUT2D eigenvalue weighted by atomic mass is 9.81. The number of fused-ring (bicyclic) bond motifs is 2. The van der Waals surface area contributed by atoms with Gasteiger partial charge in [-0.15, -0.1) is 0 Å². The van der Waals surface area contributed by atoms with Crippen LogP contribution in [0.25, 0.3) is 32.7 Å². The van der Waals surface area contributed by atoms with Gasteiger partial charge in [-0.05, 0) is 112 Å². The first-order chi connectivity index (χ1) is 21.5. The van der Waals surface area contributed by atoms with Crippen LogP contribution in [0.2, 0.25) is 0 Å². The summed E-state index contributed by atoms with van der Waals surface area (Å²) >= 11 is 0. The van der Waals surface area contributed by atoms with E-state index in [1.165, 1.54) is 0 Å². The van der Waals surface area contributed by atoms with E-state index in [1.807, 2.05) is 60.7 Å². The van der Waals surface area contributed by atoms with Crippen LogP contribution in [0.15, 0.2) is 72.8 Å². The molecule has 0 spiro atoms. The van der Waals surface area contributed by atoms with Gasteiger partial charge in [0.05, 0.1) is 11.1 Å². The molecule has 46 heavy (non-hydrogen) atoms. The summed E-state index contributed by atoms with van der Waals surface area (Å²) in [6.07, 6.45) is 2.64. The highest BCUT2D eigenvalue weighted by Crippen LogP contribution is 2.37. The van der Waals surface area contributed by atoms with Gasteiger partial charge in [0, 0.05) is 47.8 Å². The van der Waals surface area contributed by atoms with Crippen LogP contribution in [0.3, 0.4) is 0 Å². The molecular formula is C40H48N2O4. The van der Waals surface area contributed by atoms with E-state index in [2.05, 4.69) is 78.2 Å². The number of rotatable bonds is 5. The first-order valence-electron chi connectivity index (χ1n) is 16.5. The summed E-state index contributed by atoms with van der Waals surface area (Å²) in [6.45, 7) is 17.2. The van der Waals surface area contributed by atoms with Crippen molar-refractivity contribution in [2.24, 2.45) is 0 Å². The third-order valence-electron chi connectivity index (χ3n) is 9.36. The predicted molar refractivity (Wildman–Crippen MR) is 186 cm³/mol. The van der Waals surface area contributed by atoms with Crippen LogP contribution in [0, 0.1) is 0 Å². The highest BCUT2D eigenvalue weighted by Gasteiger charge is 2.40. The molecule has 0 aliphatic carbocycles. The van der Waals surface area contributed by atoms with Crippen LogP contribution < -0.4 is 10.6 Å². The van der Waals surface area contributed by atoms with E-state index in [0.29, 0.717) is 11.1 Å². The van der Waals surface area contributed by atoms with Crippen LogP contribution in [-0.2, 0) is 9.47 Å². The standard InChI is InChI=1S/C40H48N2O4/c1-37(2)21-29(22-38(3,4)41-37)45-35(43)27-17-16-25-13-11-15-32(33(25)19-27)34-20-28(18-26-12-9-10-14-31(26)34)36(44)46-30-23-39(5,6)42-40(7,8)24-30/h9-20,29-30,41-42H,21-24H2,1-8H3. The molecule has 6 heteroatoms.